The van der Waals surface area contributed by atoms with Crippen LogP contribution in [0.2, 0.25) is 5.02 Å². The first-order valence-electron chi connectivity index (χ1n) is 7.20. The number of ether oxygens (including phenoxy) is 1. The van der Waals surface area contributed by atoms with Gasteiger partial charge in [-0.3, -0.25) is 0 Å². The third-order valence-electron chi connectivity index (χ3n) is 3.79. The van der Waals surface area contributed by atoms with Gasteiger partial charge in [-0.1, -0.05) is 17.7 Å². The predicted octanol–water partition coefficient (Wildman–Crippen LogP) is 1.62. The molecule has 0 spiro atoms. The molecule has 8 heteroatoms. The maximum atomic E-state index is 9.82. The fourth-order valence-electron chi connectivity index (χ4n) is 2.59. The first-order chi connectivity index (χ1) is 11.2. The average Bonchev–Trinajstić information content (AvgIpc) is 3.16. The lowest BCUT2D eigenvalue weighted by molar-refractivity contribution is 0.125. The normalized spacial score (nSPS) is 21.0. The van der Waals surface area contributed by atoms with Crippen LogP contribution in [-0.2, 0) is 4.74 Å². The Balaban J connectivity index is 1.72. The standard InChI is InChI=1S/C15H14ClN5O2/c16-10-6-17-15(19-11-7-23-8-13(11)22)20-14(10)9-5-18-21-4-2-1-3-12(9)21/h1-6,11,13,22H,7-8H2,(H,17,19,20)/t11-,13+/m0/s1. The number of aliphatic hydroxyl groups excluding tert-OH is 1. The summed E-state index contributed by atoms with van der Waals surface area (Å²) in [6.45, 7) is 0.728. The minimum atomic E-state index is -0.574. The van der Waals surface area contributed by atoms with Crippen molar-refractivity contribution < 1.29 is 9.84 Å². The molecule has 23 heavy (non-hydrogen) atoms. The molecular formula is C15H14ClN5O2. The molecule has 0 bridgehead atoms. The second-order valence-corrected chi connectivity index (χ2v) is 5.74. The van der Waals surface area contributed by atoms with E-state index < -0.39 is 6.10 Å². The Labute approximate surface area is 136 Å². The average molecular weight is 332 g/mol. The smallest absolute Gasteiger partial charge is 0.223 e. The molecule has 0 unspecified atom stereocenters. The minimum Gasteiger partial charge on any atom is -0.388 e. The zero-order valence-electron chi connectivity index (χ0n) is 12.1. The predicted molar refractivity (Wildman–Crippen MR) is 85.5 cm³/mol. The third-order valence-corrected chi connectivity index (χ3v) is 4.07. The van der Waals surface area contributed by atoms with E-state index in [0.717, 1.165) is 11.1 Å². The van der Waals surface area contributed by atoms with Gasteiger partial charge in [0.05, 0.1) is 54.0 Å². The van der Waals surface area contributed by atoms with Crippen LogP contribution in [0, 0.1) is 0 Å². The molecule has 1 aliphatic rings. The van der Waals surface area contributed by atoms with Crippen LogP contribution >= 0.6 is 11.6 Å². The van der Waals surface area contributed by atoms with E-state index in [1.165, 1.54) is 0 Å². The SMILES string of the molecule is O[C@@H]1COC[C@@H]1Nc1ncc(Cl)c(-c2cnn3ccccc23)n1. The summed E-state index contributed by atoms with van der Waals surface area (Å²) in [6.07, 6.45) is 4.55. The highest BCUT2D eigenvalue weighted by Gasteiger charge is 2.27. The molecule has 0 radical (unpaired) electrons. The van der Waals surface area contributed by atoms with Gasteiger partial charge in [-0.05, 0) is 12.1 Å². The van der Waals surface area contributed by atoms with E-state index in [-0.39, 0.29) is 6.04 Å². The van der Waals surface area contributed by atoms with E-state index in [1.807, 2.05) is 24.4 Å². The highest BCUT2D eigenvalue weighted by Crippen LogP contribution is 2.29. The first kappa shape index (κ1) is 14.4. The van der Waals surface area contributed by atoms with E-state index in [0.29, 0.717) is 29.9 Å². The molecule has 0 amide bonds. The number of aliphatic hydroxyl groups is 1. The maximum absolute atomic E-state index is 9.82. The molecule has 3 aromatic rings. The van der Waals surface area contributed by atoms with Crippen LogP contribution in [0.25, 0.3) is 16.8 Å². The maximum Gasteiger partial charge on any atom is 0.223 e. The molecule has 1 saturated heterocycles. The van der Waals surface area contributed by atoms with E-state index in [1.54, 1.807) is 16.9 Å². The first-order valence-corrected chi connectivity index (χ1v) is 7.58. The van der Waals surface area contributed by atoms with Gasteiger partial charge >= 0.3 is 0 Å². The Morgan fingerprint density at radius 1 is 1.30 bits per heavy atom. The molecule has 1 fully saturated rings. The van der Waals surface area contributed by atoms with Crippen molar-refractivity contribution in [3.05, 3.63) is 41.8 Å². The summed E-state index contributed by atoms with van der Waals surface area (Å²) in [5, 5.41) is 17.6. The number of aromatic nitrogens is 4. The van der Waals surface area contributed by atoms with Crippen LogP contribution in [0.1, 0.15) is 0 Å². The molecule has 2 atom stereocenters. The number of nitrogens with one attached hydrogen (secondary N) is 1. The van der Waals surface area contributed by atoms with E-state index in [2.05, 4.69) is 20.4 Å². The van der Waals surface area contributed by atoms with Crippen molar-refractivity contribution in [1.29, 1.82) is 0 Å². The Bertz CT molecular complexity index is 853. The number of hydrogen-bond acceptors (Lipinski definition) is 6. The van der Waals surface area contributed by atoms with Crippen LogP contribution in [0.5, 0.6) is 0 Å². The molecule has 7 nitrogen and oxygen atoms in total. The lowest BCUT2D eigenvalue weighted by atomic mass is 10.2. The highest BCUT2D eigenvalue weighted by molar-refractivity contribution is 6.33. The van der Waals surface area contributed by atoms with Crippen molar-refractivity contribution in [3.8, 4) is 11.3 Å². The van der Waals surface area contributed by atoms with Gasteiger partial charge in [0.1, 0.15) is 0 Å². The second-order valence-electron chi connectivity index (χ2n) is 5.33. The molecule has 2 N–H and O–H groups in total. The van der Waals surface area contributed by atoms with Gasteiger partial charge in [-0.2, -0.15) is 5.10 Å². The van der Waals surface area contributed by atoms with Crippen molar-refractivity contribution in [1.82, 2.24) is 19.6 Å². The van der Waals surface area contributed by atoms with Crippen molar-refractivity contribution in [3.63, 3.8) is 0 Å². The molecule has 0 saturated carbocycles. The van der Waals surface area contributed by atoms with Gasteiger partial charge in [-0.15, -0.1) is 0 Å². The summed E-state index contributed by atoms with van der Waals surface area (Å²) in [5.41, 5.74) is 2.33. The number of nitrogens with zero attached hydrogens (tertiary/aromatic N) is 4. The van der Waals surface area contributed by atoms with E-state index in [9.17, 15) is 5.11 Å². The van der Waals surface area contributed by atoms with Crippen molar-refractivity contribution in [2.24, 2.45) is 0 Å². The molecule has 0 aromatic carbocycles. The largest absolute Gasteiger partial charge is 0.388 e. The van der Waals surface area contributed by atoms with Gasteiger partial charge in [0.2, 0.25) is 5.95 Å². The summed E-state index contributed by atoms with van der Waals surface area (Å²) >= 11 is 6.27. The lowest BCUT2D eigenvalue weighted by Gasteiger charge is -2.15. The number of pyridine rings is 1. The summed E-state index contributed by atoms with van der Waals surface area (Å²) in [5.74, 6) is 0.397. The Morgan fingerprint density at radius 2 is 2.22 bits per heavy atom. The number of fused-ring (bicyclic) bond motifs is 1. The van der Waals surface area contributed by atoms with Gasteiger partial charge in [-0.25, -0.2) is 14.5 Å². The fraction of sp³-hybridized carbons (Fsp3) is 0.267. The van der Waals surface area contributed by atoms with Gasteiger partial charge in [0.15, 0.2) is 0 Å². The summed E-state index contributed by atoms with van der Waals surface area (Å²) in [4.78, 5) is 8.67. The minimum absolute atomic E-state index is 0.229. The summed E-state index contributed by atoms with van der Waals surface area (Å²) in [6, 6.07) is 5.55. The number of halogens is 1. The summed E-state index contributed by atoms with van der Waals surface area (Å²) < 4.78 is 6.98. The quantitative estimate of drug-likeness (QED) is 0.758. The van der Waals surface area contributed by atoms with E-state index in [4.69, 9.17) is 16.3 Å². The second kappa shape index (κ2) is 5.77. The molecule has 3 aromatic heterocycles. The van der Waals surface area contributed by atoms with Crippen LogP contribution in [0.4, 0.5) is 5.95 Å². The Kier molecular flexibility index (Phi) is 3.60. The number of hydrogen-bond donors (Lipinski definition) is 2. The topological polar surface area (TPSA) is 84.6 Å². The highest BCUT2D eigenvalue weighted by atomic mass is 35.5. The van der Waals surface area contributed by atoms with Crippen molar-refractivity contribution >= 4 is 23.1 Å². The van der Waals surface area contributed by atoms with Crippen LogP contribution in [-0.4, -0.2) is 50.0 Å². The molecule has 118 valence electrons. The third kappa shape index (κ3) is 2.63. The number of anilines is 1. The van der Waals surface area contributed by atoms with Crippen LogP contribution in [0.3, 0.4) is 0 Å². The summed E-state index contributed by atoms with van der Waals surface area (Å²) in [7, 11) is 0. The van der Waals surface area contributed by atoms with E-state index >= 15 is 0 Å². The van der Waals surface area contributed by atoms with Crippen molar-refractivity contribution in [2.75, 3.05) is 18.5 Å². The molecule has 4 heterocycles. The monoisotopic (exact) mass is 331 g/mol. The zero-order chi connectivity index (χ0) is 15.8. The van der Waals surface area contributed by atoms with Crippen LogP contribution in [0.15, 0.2) is 36.8 Å². The van der Waals surface area contributed by atoms with Gasteiger partial charge < -0.3 is 15.2 Å². The molecule has 1 aliphatic heterocycles. The zero-order valence-corrected chi connectivity index (χ0v) is 12.8. The van der Waals surface area contributed by atoms with Crippen molar-refractivity contribution in [2.45, 2.75) is 12.1 Å². The Hall–Kier alpha value is -2.22. The molecule has 4 rings (SSSR count). The lowest BCUT2D eigenvalue weighted by Crippen LogP contribution is -2.32. The molecular weight excluding hydrogens is 318 g/mol. The Morgan fingerprint density at radius 3 is 3.04 bits per heavy atom. The van der Waals surface area contributed by atoms with Gasteiger partial charge in [0.25, 0.3) is 0 Å². The fourth-order valence-corrected chi connectivity index (χ4v) is 2.78. The number of rotatable bonds is 3. The van der Waals surface area contributed by atoms with Gasteiger partial charge in [0, 0.05) is 11.8 Å². The molecule has 0 aliphatic carbocycles. The van der Waals surface area contributed by atoms with Crippen LogP contribution < -0.4 is 5.32 Å².